The molecule has 2 heterocycles. The summed E-state index contributed by atoms with van der Waals surface area (Å²) in [5.74, 6) is -0.196. The number of Topliss-reactive ketones (excluding diaryl/α,β-unsaturated/α-hetero) is 1. The van der Waals surface area contributed by atoms with Gasteiger partial charge in [-0.2, -0.15) is 0 Å². The molecule has 1 N–H and O–H groups in total. The van der Waals surface area contributed by atoms with Crippen LogP contribution in [-0.2, 0) is 16.0 Å². The summed E-state index contributed by atoms with van der Waals surface area (Å²) in [5, 5.41) is 6.48. The first-order valence-electron chi connectivity index (χ1n) is 8.76. The number of nitrogens with zero attached hydrogens (tertiary/aromatic N) is 1. The number of thiazole rings is 1. The van der Waals surface area contributed by atoms with Gasteiger partial charge in [0.1, 0.15) is 0 Å². The Labute approximate surface area is 180 Å². The van der Waals surface area contributed by atoms with E-state index in [1.54, 1.807) is 31.2 Å². The number of carbonyl (C=O) groups is 3. The molecule has 3 rings (SSSR count). The van der Waals surface area contributed by atoms with E-state index < -0.39 is 5.97 Å². The SMILES string of the molecule is CCOC(=O)c1ccc(NC(=O)Cc2csc(SCC(=O)c3cccs3)n2)cc1. The van der Waals surface area contributed by atoms with Crippen LogP contribution in [0.3, 0.4) is 0 Å². The van der Waals surface area contributed by atoms with Crippen LogP contribution in [-0.4, -0.2) is 35.0 Å². The van der Waals surface area contributed by atoms with Crippen molar-refractivity contribution in [2.45, 2.75) is 17.7 Å². The average Bonchev–Trinajstić information content (AvgIpc) is 3.39. The number of carbonyl (C=O) groups excluding carboxylic acids is 3. The van der Waals surface area contributed by atoms with Crippen molar-refractivity contribution in [3.05, 3.63) is 63.3 Å². The van der Waals surface area contributed by atoms with Gasteiger partial charge in [0.2, 0.25) is 5.91 Å². The largest absolute Gasteiger partial charge is 0.462 e. The number of ketones is 1. The van der Waals surface area contributed by atoms with Crippen LogP contribution in [0.4, 0.5) is 5.69 Å². The van der Waals surface area contributed by atoms with Crippen molar-refractivity contribution in [1.82, 2.24) is 4.98 Å². The second-order valence-electron chi connectivity index (χ2n) is 5.82. The fourth-order valence-corrected chi connectivity index (χ4v) is 4.83. The van der Waals surface area contributed by atoms with E-state index in [2.05, 4.69) is 10.3 Å². The molecule has 6 nitrogen and oxygen atoms in total. The molecule has 0 aliphatic heterocycles. The van der Waals surface area contributed by atoms with Crippen LogP contribution in [0.25, 0.3) is 0 Å². The highest BCUT2D eigenvalue weighted by Crippen LogP contribution is 2.24. The first-order valence-corrected chi connectivity index (χ1v) is 11.5. The van der Waals surface area contributed by atoms with Gasteiger partial charge in [-0.1, -0.05) is 17.8 Å². The molecule has 0 radical (unpaired) electrons. The Morgan fingerprint density at radius 3 is 2.62 bits per heavy atom. The van der Waals surface area contributed by atoms with E-state index in [0.717, 1.165) is 9.22 Å². The van der Waals surface area contributed by atoms with Gasteiger partial charge in [-0.15, -0.1) is 22.7 Å². The zero-order chi connectivity index (χ0) is 20.6. The van der Waals surface area contributed by atoms with Crippen molar-refractivity contribution in [3.8, 4) is 0 Å². The predicted octanol–water partition coefficient (Wildman–Crippen LogP) is 4.54. The average molecular weight is 447 g/mol. The molecule has 0 spiro atoms. The van der Waals surface area contributed by atoms with Crippen molar-refractivity contribution in [2.75, 3.05) is 17.7 Å². The van der Waals surface area contributed by atoms with E-state index in [0.29, 0.717) is 29.3 Å². The van der Waals surface area contributed by atoms with Gasteiger partial charge >= 0.3 is 5.97 Å². The maximum atomic E-state index is 12.2. The van der Waals surface area contributed by atoms with E-state index in [-0.39, 0.29) is 18.1 Å². The molecule has 0 bridgehead atoms. The summed E-state index contributed by atoms with van der Waals surface area (Å²) >= 11 is 4.22. The molecule has 0 atom stereocenters. The fourth-order valence-electron chi connectivity index (χ4n) is 2.35. The van der Waals surface area contributed by atoms with Crippen LogP contribution in [0, 0.1) is 0 Å². The van der Waals surface area contributed by atoms with E-state index in [9.17, 15) is 14.4 Å². The van der Waals surface area contributed by atoms with E-state index in [1.165, 1.54) is 34.4 Å². The molecule has 150 valence electrons. The summed E-state index contributed by atoms with van der Waals surface area (Å²) in [4.78, 5) is 41.1. The Bertz CT molecular complexity index is 982. The number of aromatic nitrogens is 1. The standard InChI is InChI=1S/C20H18N2O4S3/c1-2-26-19(25)13-5-7-14(8-6-13)21-18(24)10-15-11-28-20(22-15)29-12-16(23)17-4-3-9-27-17/h3-9,11H,2,10,12H2,1H3,(H,21,24). The number of benzene rings is 1. The zero-order valence-electron chi connectivity index (χ0n) is 15.5. The minimum absolute atomic E-state index is 0.0748. The van der Waals surface area contributed by atoms with Crippen LogP contribution in [0.1, 0.15) is 32.6 Å². The van der Waals surface area contributed by atoms with Gasteiger partial charge in [-0.05, 0) is 42.6 Å². The summed E-state index contributed by atoms with van der Waals surface area (Å²) in [7, 11) is 0. The second-order valence-corrected chi connectivity index (χ2v) is 8.84. The Kier molecular flexibility index (Phi) is 7.56. The van der Waals surface area contributed by atoms with Crippen LogP contribution >= 0.6 is 34.4 Å². The van der Waals surface area contributed by atoms with Crippen molar-refractivity contribution in [2.24, 2.45) is 0 Å². The number of hydrogen-bond donors (Lipinski definition) is 1. The van der Waals surface area contributed by atoms with E-state index in [1.807, 2.05) is 22.9 Å². The number of hydrogen-bond acceptors (Lipinski definition) is 8. The third kappa shape index (κ3) is 6.25. The molecule has 0 aliphatic carbocycles. The van der Waals surface area contributed by atoms with Gasteiger partial charge in [0.15, 0.2) is 10.1 Å². The molecule has 9 heteroatoms. The molecule has 0 fully saturated rings. The second kappa shape index (κ2) is 10.3. The summed E-state index contributed by atoms with van der Waals surface area (Å²) in [6.45, 7) is 2.06. The van der Waals surface area contributed by atoms with Crippen LogP contribution in [0.15, 0.2) is 51.5 Å². The lowest BCUT2D eigenvalue weighted by Crippen LogP contribution is -2.14. The zero-order valence-corrected chi connectivity index (χ0v) is 18.0. The Morgan fingerprint density at radius 2 is 1.93 bits per heavy atom. The first-order chi connectivity index (χ1) is 14.0. The van der Waals surface area contributed by atoms with Crippen molar-refractivity contribution in [3.63, 3.8) is 0 Å². The monoisotopic (exact) mass is 446 g/mol. The minimum atomic E-state index is -0.393. The first kappa shape index (κ1) is 21.2. The third-order valence-electron chi connectivity index (χ3n) is 3.67. The van der Waals surface area contributed by atoms with Gasteiger partial charge in [-0.3, -0.25) is 9.59 Å². The number of rotatable bonds is 9. The van der Waals surface area contributed by atoms with Gasteiger partial charge < -0.3 is 10.1 Å². The molecule has 0 saturated carbocycles. The van der Waals surface area contributed by atoms with E-state index >= 15 is 0 Å². The highest BCUT2D eigenvalue weighted by atomic mass is 32.2. The fraction of sp³-hybridized carbons (Fsp3) is 0.200. The van der Waals surface area contributed by atoms with Gasteiger partial charge in [0.25, 0.3) is 0 Å². The molecule has 0 saturated heterocycles. The van der Waals surface area contributed by atoms with Crippen molar-refractivity contribution >= 4 is 57.8 Å². The maximum Gasteiger partial charge on any atom is 0.338 e. The lowest BCUT2D eigenvalue weighted by atomic mass is 10.2. The van der Waals surface area contributed by atoms with Crippen LogP contribution < -0.4 is 5.32 Å². The number of thioether (sulfide) groups is 1. The molecule has 1 amide bonds. The lowest BCUT2D eigenvalue weighted by Gasteiger charge is -2.06. The highest BCUT2D eigenvalue weighted by molar-refractivity contribution is 8.01. The van der Waals surface area contributed by atoms with Crippen LogP contribution in [0.2, 0.25) is 0 Å². The molecule has 29 heavy (non-hydrogen) atoms. The minimum Gasteiger partial charge on any atom is -0.462 e. The maximum absolute atomic E-state index is 12.2. The number of ether oxygens (including phenoxy) is 1. The van der Waals surface area contributed by atoms with Crippen molar-refractivity contribution in [1.29, 1.82) is 0 Å². The Hall–Kier alpha value is -2.49. The molecule has 3 aromatic rings. The highest BCUT2D eigenvalue weighted by Gasteiger charge is 2.12. The number of thiophene rings is 1. The van der Waals surface area contributed by atoms with Crippen LogP contribution in [0.5, 0.6) is 0 Å². The molecule has 0 unspecified atom stereocenters. The normalized spacial score (nSPS) is 10.5. The molecular weight excluding hydrogens is 428 g/mol. The number of anilines is 1. The number of nitrogens with one attached hydrogen (secondary N) is 1. The summed E-state index contributed by atoms with van der Waals surface area (Å²) in [5.41, 5.74) is 1.68. The van der Waals surface area contributed by atoms with Crippen molar-refractivity contribution < 1.29 is 19.1 Å². The molecule has 1 aromatic carbocycles. The van der Waals surface area contributed by atoms with Gasteiger partial charge in [0, 0.05) is 11.1 Å². The van der Waals surface area contributed by atoms with Gasteiger partial charge in [-0.25, -0.2) is 9.78 Å². The topological polar surface area (TPSA) is 85.4 Å². The Morgan fingerprint density at radius 1 is 1.14 bits per heavy atom. The van der Waals surface area contributed by atoms with E-state index in [4.69, 9.17) is 4.74 Å². The quantitative estimate of drug-likeness (QED) is 0.295. The number of esters is 1. The Balaban J connectivity index is 1.48. The number of amides is 1. The summed E-state index contributed by atoms with van der Waals surface area (Å²) in [6, 6.07) is 10.2. The molecule has 0 aliphatic rings. The third-order valence-corrected chi connectivity index (χ3v) is 6.66. The smallest absolute Gasteiger partial charge is 0.338 e. The summed E-state index contributed by atoms with van der Waals surface area (Å²) in [6.07, 6.45) is 0.134. The molecular formula is C20H18N2O4S3. The van der Waals surface area contributed by atoms with Gasteiger partial charge in [0.05, 0.1) is 34.9 Å². The predicted molar refractivity (Wildman–Crippen MR) is 116 cm³/mol. The summed E-state index contributed by atoms with van der Waals surface area (Å²) < 4.78 is 5.69. The molecule has 2 aromatic heterocycles. The lowest BCUT2D eigenvalue weighted by molar-refractivity contribution is -0.115.